The summed E-state index contributed by atoms with van der Waals surface area (Å²) in [5, 5.41) is 8.76. The van der Waals surface area contributed by atoms with E-state index >= 15 is 0 Å². The van der Waals surface area contributed by atoms with Crippen LogP contribution in [0.3, 0.4) is 0 Å². The summed E-state index contributed by atoms with van der Waals surface area (Å²) in [4.78, 5) is 22.5. The highest BCUT2D eigenvalue weighted by atomic mass is 32.2. The summed E-state index contributed by atoms with van der Waals surface area (Å²) < 4.78 is 16.8. The van der Waals surface area contributed by atoms with Gasteiger partial charge in [0.05, 0.1) is 12.4 Å². The molecular formula is C18H31N5O3S. The number of hydrogen-bond acceptors (Lipinski definition) is 6. The average Bonchev–Trinajstić information content (AvgIpc) is 2.85. The van der Waals surface area contributed by atoms with E-state index in [2.05, 4.69) is 29.1 Å². The van der Waals surface area contributed by atoms with Crippen molar-refractivity contribution < 1.29 is 13.7 Å². The minimum atomic E-state index is -1.64. The van der Waals surface area contributed by atoms with Crippen LogP contribution in [0, 0.1) is 5.92 Å². The van der Waals surface area contributed by atoms with Gasteiger partial charge in [-0.05, 0) is 59.8 Å². The molecule has 2 heterocycles. The molecule has 0 aromatic carbocycles. The Kier molecular flexibility index (Phi) is 6.80. The number of ether oxygens (including phenoxy) is 1. The Labute approximate surface area is 163 Å². The largest absolute Gasteiger partial charge is 0.444 e. The Morgan fingerprint density at radius 3 is 2.78 bits per heavy atom. The van der Waals surface area contributed by atoms with E-state index in [4.69, 9.17) is 9.88 Å². The first-order valence-corrected chi connectivity index (χ1v) is 10.4. The highest BCUT2D eigenvalue weighted by molar-refractivity contribution is 7.82. The van der Waals surface area contributed by atoms with Crippen LogP contribution in [-0.4, -0.2) is 49.4 Å². The number of hydrogen-bond donors (Lipinski definition) is 2. The van der Waals surface area contributed by atoms with Crippen LogP contribution < -0.4 is 10.5 Å². The number of rotatable bonds is 6. The molecule has 0 saturated carbocycles. The van der Waals surface area contributed by atoms with Crippen molar-refractivity contribution in [2.45, 2.75) is 70.0 Å². The first kappa shape index (κ1) is 21.6. The van der Waals surface area contributed by atoms with Gasteiger partial charge in [0.2, 0.25) is 0 Å². The average molecular weight is 398 g/mol. The lowest BCUT2D eigenvalue weighted by Crippen LogP contribution is -2.45. The third-order valence-corrected chi connectivity index (χ3v) is 5.10. The van der Waals surface area contributed by atoms with Crippen molar-refractivity contribution in [3.8, 4) is 0 Å². The summed E-state index contributed by atoms with van der Waals surface area (Å²) in [6.45, 7) is 11.3. The number of carbonyl (C=O) groups is 1. The van der Waals surface area contributed by atoms with Gasteiger partial charge in [0.15, 0.2) is 5.03 Å². The van der Waals surface area contributed by atoms with Crippen molar-refractivity contribution in [3.05, 3.63) is 12.4 Å². The van der Waals surface area contributed by atoms with Crippen molar-refractivity contribution >= 4 is 22.9 Å². The molecule has 2 atom stereocenters. The zero-order valence-corrected chi connectivity index (χ0v) is 17.6. The smallest absolute Gasteiger partial charge is 0.410 e. The second kappa shape index (κ2) is 8.52. The lowest BCUT2D eigenvalue weighted by molar-refractivity contribution is 0.0131. The fraction of sp³-hybridized carbons (Fsp3) is 0.722. The second-order valence-electron chi connectivity index (χ2n) is 8.58. The van der Waals surface area contributed by atoms with Gasteiger partial charge in [0.25, 0.3) is 0 Å². The number of aromatic nitrogens is 2. The molecule has 2 unspecified atom stereocenters. The van der Waals surface area contributed by atoms with Crippen LogP contribution in [0.25, 0.3) is 0 Å². The number of amides is 1. The molecule has 0 aliphatic carbocycles. The van der Waals surface area contributed by atoms with Gasteiger partial charge >= 0.3 is 6.09 Å². The molecule has 1 aliphatic rings. The molecule has 1 aliphatic heterocycles. The maximum absolute atomic E-state index is 12.5. The van der Waals surface area contributed by atoms with Crippen molar-refractivity contribution in [1.29, 1.82) is 0 Å². The Morgan fingerprint density at radius 1 is 1.44 bits per heavy atom. The van der Waals surface area contributed by atoms with E-state index < -0.39 is 16.6 Å². The Balaban J connectivity index is 1.81. The second-order valence-corrected chi connectivity index (χ2v) is 9.60. The van der Waals surface area contributed by atoms with E-state index in [-0.39, 0.29) is 16.7 Å². The van der Waals surface area contributed by atoms with Crippen LogP contribution in [0.5, 0.6) is 0 Å². The van der Waals surface area contributed by atoms with Gasteiger partial charge in [-0.2, -0.15) is 0 Å². The first-order valence-electron chi connectivity index (χ1n) is 9.21. The van der Waals surface area contributed by atoms with Gasteiger partial charge in [-0.3, -0.25) is 4.98 Å². The third-order valence-electron chi connectivity index (χ3n) is 4.49. The fourth-order valence-corrected chi connectivity index (χ4v) is 3.71. The maximum Gasteiger partial charge on any atom is 0.410 e. The summed E-state index contributed by atoms with van der Waals surface area (Å²) in [6.07, 6.45) is 5.61. The lowest BCUT2D eigenvalue weighted by Gasteiger charge is -2.33. The molecule has 3 N–H and O–H groups in total. The molecule has 27 heavy (non-hydrogen) atoms. The number of nitrogens with zero attached hydrogens (tertiary/aromatic N) is 3. The molecule has 1 fully saturated rings. The molecule has 1 saturated heterocycles. The normalized spacial score (nSPS) is 20.4. The molecule has 2 rings (SSSR count). The quantitative estimate of drug-likeness (QED) is 0.714. The molecule has 1 aromatic heterocycles. The van der Waals surface area contributed by atoms with E-state index in [0.29, 0.717) is 18.3 Å². The van der Waals surface area contributed by atoms with Crippen LogP contribution >= 0.6 is 0 Å². The van der Waals surface area contributed by atoms with Gasteiger partial charge in [-0.1, -0.05) is 0 Å². The van der Waals surface area contributed by atoms with Crippen LogP contribution in [0.2, 0.25) is 0 Å². The SMILES string of the molecule is CC(C)(C)OC(=O)N1CC(CCCNc2cncc(S(N)=O)n2)CC1(C)C. The van der Waals surface area contributed by atoms with Crippen LogP contribution in [0.15, 0.2) is 17.4 Å². The molecule has 0 spiro atoms. The highest BCUT2D eigenvalue weighted by Gasteiger charge is 2.42. The maximum atomic E-state index is 12.5. The lowest BCUT2D eigenvalue weighted by atomic mass is 9.93. The topological polar surface area (TPSA) is 110 Å². The molecule has 0 bridgehead atoms. The molecular weight excluding hydrogens is 366 g/mol. The van der Waals surface area contributed by atoms with E-state index in [0.717, 1.165) is 25.8 Å². The van der Waals surface area contributed by atoms with Gasteiger partial charge in [0.1, 0.15) is 22.4 Å². The molecule has 152 valence electrons. The standard InChI is InChI=1S/C18H31N5O3S/c1-17(2,3)26-16(24)23-12-13(9-18(23,4)5)7-6-8-21-14-10-20-11-15(22-14)27(19)25/h10-11,13H,6-9,12,19H2,1-5H3,(H,21,22). The minimum absolute atomic E-state index is 0.203. The fourth-order valence-electron chi connectivity index (χ4n) is 3.36. The summed E-state index contributed by atoms with van der Waals surface area (Å²) in [6, 6.07) is 0. The van der Waals surface area contributed by atoms with Crippen LogP contribution in [0.4, 0.5) is 10.6 Å². The predicted molar refractivity (Wildman–Crippen MR) is 105 cm³/mol. The van der Waals surface area contributed by atoms with Gasteiger partial charge in [0, 0.05) is 18.6 Å². The molecule has 1 aromatic rings. The number of carbonyl (C=O) groups excluding carboxylic acids is 1. The van der Waals surface area contributed by atoms with Crippen LogP contribution in [-0.2, 0) is 15.7 Å². The monoisotopic (exact) mass is 397 g/mol. The zero-order chi connectivity index (χ0) is 20.2. The number of nitrogens with one attached hydrogen (secondary N) is 1. The van der Waals surface area contributed by atoms with Crippen molar-refractivity contribution in [3.63, 3.8) is 0 Å². The summed E-state index contributed by atoms with van der Waals surface area (Å²) in [5.41, 5.74) is -0.691. The molecule has 9 heteroatoms. The van der Waals surface area contributed by atoms with E-state index in [1.54, 1.807) is 6.20 Å². The van der Waals surface area contributed by atoms with Crippen molar-refractivity contribution in [2.24, 2.45) is 11.1 Å². The van der Waals surface area contributed by atoms with Crippen LogP contribution in [0.1, 0.15) is 53.9 Å². The minimum Gasteiger partial charge on any atom is -0.444 e. The molecule has 0 radical (unpaired) electrons. The Hall–Kier alpha value is -1.74. The van der Waals surface area contributed by atoms with Crippen molar-refractivity contribution in [1.82, 2.24) is 14.9 Å². The summed E-state index contributed by atoms with van der Waals surface area (Å²) >= 11 is 0. The van der Waals surface area contributed by atoms with Gasteiger partial charge in [-0.25, -0.2) is 19.1 Å². The molecule has 1 amide bonds. The van der Waals surface area contributed by atoms with Gasteiger partial charge in [-0.15, -0.1) is 0 Å². The number of nitrogens with two attached hydrogens (primary N) is 1. The predicted octanol–water partition coefficient (Wildman–Crippen LogP) is 2.69. The number of anilines is 1. The highest BCUT2D eigenvalue weighted by Crippen LogP contribution is 2.36. The van der Waals surface area contributed by atoms with E-state index in [1.165, 1.54) is 6.20 Å². The first-order chi connectivity index (χ1) is 12.5. The Bertz CT molecular complexity index is 690. The van der Waals surface area contributed by atoms with E-state index in [9.17, 15) is 9.00 Å². The zero-order valence-electron chi connectivity index (χ0n) is 16.8. The third kappa shape index (κ3) is 6.42. The van der Waals surface area contributed by atoms with Crippen molar-refractivity contribution in [2.75, 3.05) is 18.4 Å². The Morgan fingerprint density at radius 2 is 2.15 bits per heavy atom. The summed E-state index contributed by atoms with van der Waals surface area (Å²) in [5.74, 6) is 0.997. The molecule has 8 nitrogen and oxygen atoms in total. The van der Waals surface area contributed by atoms with Gasteiger partial charge < -0.3 is 15.0 Å². The summed E-state index contributed by atoms with van der Waals surface area (Å²) in [7, 11) is -1.64. The number of likely N-dealkylation sites (tertiary alicyclic amines) is 1. The van der Waals surface area contributed by atoms with E-state index in [1.807, 2.05) is 25.7 Å².